The summed E-state index contributed by atoms with van der Waals surface area (Å²) >= 11 is 0. The Hall–Kier alpha value is -1.57. The van der Waals surface area contributed by atoms with Gasteiger partial charge in [-0.15, -0.1) is 0 Å². The molecule has 1 aromatic carbocycles. The number of pyridine rings is 1. The van der Waals surface area contributed by atoms with Crippen LogP contribution in [0.5, 0.6) is 0 Å². The first-order chi connectivity index (χ1) is 8.52. The number of H-pyrrole nitrogens is 1. The normalized spacial score (nSPS) is 13.2. The highest BCUT2D eigenvalue weighted by molar-refractivity contribution is 5.79. The van der Waals surface area contributed by atoms with Crippen molar-refractivity contribution in [1.82, 2.24) is 4.98 Å². The zero-order valence-corrected chi connectivity index (χ0v) is 11.6. The lowest BCUT2D eigenvalue weighted by molar-refractivity contribution is 0.734. The van der Waals surface area contributed by atoms with Gasteiger partial charge in [-0.2, -0.15) is 0 Å². The maximum absolute atomic E-state index is 12.1. The first-order valence-electron chi connectivity index (χ1n) is 6.69. The molecule has 0 aliphatic heterocycles. The van der Waals surface area contributed by atoms with E-state index in [0.717, 1.165) is 23.0 Å². The molecule has 0 saturated carbocycles. The van der Waals surface area contributed by atoms with Crippen LogP contribution in [0.15, 0.2) is 29.1 Å². The smallest absolute Gasteiger partial charge is 0.189 e. The molecule has 2 heteroatoms. The van der Waals surface area contributed by atoms with Gasteiger partial charge in [0, 0.05) is 22.7 Å². The molecule has 18 heavy (non-hydrogen) atoms. The van der Waals surface area contributed by atoms with Crippen LogP contribution in [0.2, 0.25) is 0 Å². The van der Waals surface area contributed by atoms with Crippen molar-refractivity contribution in [2.24, 2.45) is 0 Å². The predicted octanol–water partition coefficient (Wildman–Crippen LogP) is 4.17. The number of hydrogen-bond acceptors (Lipinski definition) is 1. The minimum atomic E-state index is 0.123. The quantitative estimate of drug-likeness (QED) is 0.862. The third kappa shape index (κ3) is 2.33. The number of hydrogen-bond donors (Lipinski definition) is 1. The molecule has 1 unspecified atom stereocenters. The lowest BCUT2D eigenvalue weighted by atomic mass is 9.96. The van der Waals surface area contributed by atoms with Gasteiger partial charge in [0.1, 0.15) is 0 Å². The monoisotopic (exact) mass is 243 g/mol. The Morgan fingerprint density at radius 1 is 1.17 bits per heavy atom. The van der Waals surface area contributed by atoms with E-state index in [1.54, 1.807) is 6.07 Å². The van der Waals surface area contributed by atoms with Crippen LogP contribution in [0.1, 0.15) is 57.2 Å². The van der Waals surface area contributed by atoms with E-state index in [0.29, 0.717) is 11.8 Å². The lowest BCUT2D eigenvalue weighted by Gasteiger charge is -2.11. The van der Waals surface area contributed by atoms with Gasteiger partial charge in [0.25, 0.3) is 0 Å². The summed E-state index contributed by atoms with van der Waals surface area (Å²) in [5.41, 5.74) is 3.31. The molecule has 0 bridgehead atoms. The third-order valence-electron chi connectivity index (χ3n) is 3.68. The van der Waals surface area contributed by atoms with Crippen molar-refractivity contribution in [3.05, 3.63) is 45.7 Å². The molecule has 1 N–H and O–H groups in total. The van der Waals surface area contributed by atoms with Gasteiger partial charge in [0.05, 0.1) is 0 Å². The fourth-order valence-electron chi connectivity index (χ4n) is 2.14. The topological polar surface area (TPSA) is 32.9 Å². The first kappa shape index (κ1) is 12.9. The molecule has 1 heterocycles. The Bertz CT molecular complexity index is 610. The number of nitrogens with one attached hydrogen (secondary N) is 1. The van der Waals surface area contributed by atoms with Crippen molar-refractivity contribution in [1.29, 1.82) is 0 Å². The van der Waals surface area contributed by atoms with Gasteiger partial charge in [-0.25, -0.2) is 0 Å². The molecule has 0 fully saturated rings. The molecular formula is C16H21NO. The van der Waals surface area contributed by atoms with Gasteiger partial charge in [-0.05, 0) is 36.0 Å². The molecule has 0 spiro atoms. The van der Waals surface area contributed by atoms with E-state index in [-0.39, 0.29) is 5.43 Å². The summed E-state index contributed by atoms with van der Waals surface area (Å²) in [5.74, 6) is 0.843. The summed E-state index contributed by atoms with van der Waals surface area (Å²) in [4.78, 5) is 15.5. The predicted molar refractivity (Wildman–Crippen MR) is 77.4 cm³/mol. The zero-order chi connectivity index (χ0) is 13.3. The summed E-state index contributed by atoms with van der Waals surface area (Å²) in [5, 5.41) is 0.803. The van der Waals surface area contributed by atoms with Crippen LogP contribution in [0.3, 0.4) is 0 Å². The SMILES string of the molecule is CCC(C)c1ccc2[nH]c(C(C)C)cc(=O)c2c1. The zero-order valence-electron chi connectivity index (χ0n) is 11.6. The van der Waals surface area contributed by atoms with Crippen molar-refractivity contribution < 1.29 is 0 Å². The Morgan fingerprint density at radius 3 is 2.50 bits per heavy atom. The van der Waals surface area contributed by atoms with Gasteiger partial charge in [-0.1, -0.05) is 33.8 Å². The van der Waals surface area contributed by atoms with Crippen LogP contribution in [0, 0.1) is 0 Å². The van der Waals surface area contributed by atoms with E-state index >= 15 is 0 Å². The summed E-state index contributed by atoms with van der Waals surface area (Å²) in [7, 11) is 0. The molecule has 1 atom stereocenters. The van der Waals surface area contributed by atoms with Crippen molar-refractivity contribution in [2.75, 3.05) is 0 Å². The highest BCUT2D eigenvalue weighted by Crippen LogP contribution is 2.22. The average molecular weight is 243 g/mol. The second kappa shape index (κ2) is 4.97. The minimum Gasteiger partial charge on any atom is -0.358 e. The van der Waals surface area contributed by atoms with Gasteiger partial charge in [0.15, 0.2) is 5.43 Å². The van der Waals surface area contributed by atoms with Crippen molar-refractivity contribution in [3.8, 4) is 0 Å². The molecule has 0 radical (unpaired) electrons. The number of benzene rings is 1. The number of fused-ring (bicyclic) bond motifs is 1. The van der Waals surface area contributed by atoms with Gasteiger partial charge < -0.3 is 4.98 Å². The van der Waals surface area contributed by atoms with Crippen molar-refractivity contribution in [2.45, 2.75) is 46.0 Å². The number of aromatic amines is 1. The molecule has 0 aliphatic carbocycles. The van der Waals surface area contributed by atoms with Crippen LogP contribution in [0.4, 0.5) is 0 Å². The number of rotatable bonds is 3. The molecule has 0 aliphatic rings. The second-order valence-corrected chi connectivity index (χ2v) is 5.36. The van der Waals surface area contributed by atoms with E-state index in [4.69, 9.17) is 0 Å². The van der Waals surface area contributed by atoms with Crippen LogP contribution in [0.25, 0.3) is 10.9 Å². The maximum Gasteiger partial charge on any atom is 0.189 e. The van der Waals surface area contributed by atoms with Crippen molar-refractivity contribution in [3.63, 3.8) is 0 Å². The fourth-order valence-corrected chi connectivity index (χ4v) is 2.14. The first-order valence-corrected chi connectivity index (χ1v) is 6.69. The van der Waals surface area contributed by atoms with Gasteiger partial charge >= 0.3 is 0 Å². The Morgan fingerprint density at radius 2 is 1.89 bits per heavy atom. The highest BCUT2D eigenvalue weighted by Gasteiger charge is 2.08. The molecule has 0 amide bonds. The van der Waals surface area contributed by atoms with E-state index in [2.05, 4.69) is 38.7 Å². The van der Waals surface area contributed by atoms with E-state index in [1.165, 1.54) is 5.56 Å². The van der Waals surface area contributed by atoms with Crippen LogP contribution >= 0.6 is 0 Å². The Labute approximate surface area is 108 Å². The average Bonchev–Trinajstić information content (AvgIpc) is 2.37. The summed E-state index contributed by atoms with van der Waals surface area (Å²) in [6.45, 7) is 8.54. The summed E-state index contributed by atoms with van der Waals surface area (Å²) < 4.78 is 0. The second-order valence-electron chi connectivity index (χ2n) is 5.36. The number of aromatic nitrogens is 1. The van der Waals surface area contributed by atoms with Gasteiger partial charge in [-0.3, -0.25) is 4.79 Å². The molecule has 96 valence electrons. The maximum atomic E-state index is 12.1. The fraction of sp³-hybridized carbons (Fsp3) is 0.438. The minimum absolute atomic E-state index is 0.123. The third-order valence-corrected chi connectivity index (χ3v) is 3.68. The van der Waals surface area contributed by atoms with E-state index in [1.807, 2.05) is 12.1 Å². The molecule has 2 aromatic rings. The van der Waals surface area contributed by atoms with E-state index in [9.17, 15) is 4.79 Å². The molecule has 2 nitrogen and oxygen atoms in total. The Balaban J connectivity index is 2.62. The molecule has 1 aromatic heterocycles. The molecule has 2 rings (SSSR count). The van der Waals surface area contributed by atoms with Crippen LogP contribution < -0.4 is 5.43 Å². The van der Waals surface area contributed by atoms with Gasteiger partial charge in [0.2, 0.25) is 0 Å². The summed E-state index contributed by atoms with van der Waals surface area (Å²) in [6.07, 6.45) is 1.09. The Kier molecular flexibility index (Phi) is 3.55. The van der Waals surface area contributed by atoms with E-state index < -0.39 is 0 Å². The van der Waals surface area contributed by atoms with Crippen molar-refractivity contribution >= 4 is 10.9 Å². The van der Waals surface area contributed by atoms with Crippen LogP contribution in [-0.4, -0.2) is 4.98 Å². The molecule has 0 saturated heterocycles. The summed E-state index contributed by atoms with van der Waals surface area (Å²) in [6, 6.07) is 7.92. The van der Waals surface area contributed by atoms with Crippen LogP contribution in [-0.2, 0) is 0 Å². The highest BCUT2D eigenvalue weighted by atomic mass is 16.1. The standard InChI is InChI=1S/C16H21NO/c1-5-11(4)12-6-7-14-13(8-12)16(18)9-15(17-14)10(2)3/h6-11H,5H2,1-4H3,(H,17,18). The molecular weight excluding hydrogens is 222 g/mol. The lowest BCUT2D eigenvalue weighted by Crippen LogP contribution is -2.07. The largest absolute Gasteiger partial charge is 0.358 e.